The Bertz CT molecular complexity index is 326. The quantitative estimate of drug-likeness (QED) is 0.530. The topological polar surface area (TPSA) is 116 Å². The average molecular weight is 272 g/mol. The molecular formula is C11H20N4O4. The van der Waals surface area contributed by atoms with E-state index >= 15 is 0 Å². The summed E-state index contributed by atoms with van der Waals surface area (Å²) in [4.78, 5) is 36.2. The summed E-state index contributed by atoms with van der Waals surface area (Å²) >= 11 is 0. The van der Waals surface area contributed by atoms with Crippen molar-refractivity contribution >= 4 is 17.9 Å². The summed E-state index contributed by atoms with van der Waals surface area (Å²) in [5, 5.41) is 11.3. The van der Waals surface area contributed by atoms with Gasteiger partial charge in [0.1, 0.15) is 13.1 Å². The third-order valence-corrected chi connectivity index (χ3v) is 2.86. The van der Waals surface area contributed by atoms with E-state index in [0.29, 0.717) is 6.54 Å². The van der Waals surface area contributed by atoms with Crippen molar-refractivity contribution in [1.29, 1.82) is 0 Å². The fourth-order valence-corrected chi connectivity index (χ4v) is 1.99. The fraction of sp³-hybridized carbons (Fsp3) is 0.727. The van der Waals surface area contributed by atoms with E-state index in [9.17, 15) is 14.4 Å². The first-order valence-corrected chi connectivity index (χ1v) is 6.24. The van der Waals surface area contributed by atoms with Gasteiger partial charge < -0.3 is 26.0 Å². The predicted octanol–water partition coefficient (Wildman–Crippen LogP) is -1.34. The lowest BCUT2D eigenvalue weighted by Crippen LogP contribution is -2.48. The van der Waals surface area contributed by atoms with E-state index in [-0.39, 0.29) is 0 Å². The number of rotatable bonds is 7. The van der Waals surface area contributed by atoms with E-state index in [1.807, 2.05) is 0 Å². The Morgan fingerprint density at radius 1 is 1.21 bits per heavy atom. The van der Waals surface area contributed by atoms with Crippen LogP contribution < -0.4 is 11.1 Å². The van der Waals surface area contributed by atoms with E-state index in [2.05, 4.69) is 10.2 Å². The normalized spacial score (nSPS) is 15.2. The zero-order chi connectivity index (χ0) is 14.3. The number of urea groups is 1. The minimum atomic E-state index is -1.18. The van der Waals surface area contributed by atoms with Gasteiger partial charge >= 0.3 is 12.0 Å². The molecule has 1 aliphatic heterocycles. The largest absolute Gasteiger partial charge is 0.480 e. The molecule has 0 radical (unpaired) electrons. The van der Waals surface area contributed by atoms with Crippen LogP contribution in [0.25, 0.3) is 0 Å². The minimum Gasteiger partial charge on any atom is -0.480 e. The molecule has 1 fully saturated rings. The van der Waals surface area contributed by atoms with E-state index < -0.39 is 31.0 Å². The molecule has 0 atom stereocenters. The smallest absolute Gasteiger partial charge is 0.323 e. The van der Waals surface area contributed by atoms with Gasteiger partial charge in [-0.05, 0) is 25.9 Å². The van der Waals surface area contributed by atoms with Crippen LogP contribution in [0.15, 0.2) is 0 Å². The highest BCUT2D eigenvalue weighted by atomic mass is 16.4. The molecule has 4 N–H and O–H groups in total. The number of carbonyl (C=O) groups excluding carboxylic acids is 2. The fourth-order valence-electron chi connectivity index (χ4n) is 1.99. The summed E-state index contributed by atoms with van der Waals surface area (Å²) < 4.78 is 0. The number of primary amides is 1. The Labute approximate surface area is 111 Å². The summed E-state index contributed by atoms with van der Waals surface area (Å²) in [6.45, 7) is 2.25. The molecule has 0 aromatic heterocycles. The molecule has 1 heterocycles. The second-order valence-electron chi connectivity index (χ2n) is 4.50. The van der Waals surface area contributed by atoms with Gasteiger partial charge in [-0.15, -0.1) is 0 Å². The number of carbonyl (C=O) groups is 3. The van der Waals surface area contributed by atoms with Crippen LogP contribution in [-0.4, -0.2) is 72.1 Å². The number of hydrogen-bond acceptors (Lipinski definition) is 4. The molecule has 0 aromatic rings. The van der Waals surface area contributed by atoms with Crippen LogP contribution >= 0.6 is 0 Å². The lowest BCUT2D eigenvalue weighted by Gasteiger charge is -2.21. The highest BCUT2D eigenvalue weighted by Crippen LogP contribution is 2.05. The molecule has 19 heavy (non-hydrogen) atoms. The number of nitrogens with two attached hydrogens (primary N) is 1. The zero-order valence-corrected chi connectivity index (χ0v) is 10.8. The Kier molecular flexibility index (Phi) is 6.07. The minimum absolute atomic E-state index is 0.401. The number of carboxylic acid groups (broad SMARTS) is 1. The van der Waals surface area contributed by atoms with Crippen LogP contribution in [0, 0.1) is 0 Å². The highest BCUT2D eigenvalue weighted by Gasteiger charge is 2.19. The van der Waals surface area contributed by atoms with Gasteiger partial charge in [-0.1, -0.05) is 0 Å². The molecular weight excluding hydrogens is 252 g/mol. The lowest BCUT2D eigenvalue weighted by molar-refractivity contribution is -0.137. The van der Waals surface area contributed by atoms with E-state index in [0.717, 1.165) is 24.5 Å². The first-order valence-electron chi connectivity index (χ1n) is 6.24. The molecule has 0 unspecified atom stereocenters. The number of hydrogen-bond donors (Lipinski definition) is 3. The maximum Gasteiger partial charge on any atom is 0.323 e. The average Bonchev–Trinajstić information content (AvgIpc) is 2.79. The number of amides is 3. The number of nitrogens with zero attached hydrogens (tertiary/aromatic N) is 2. The molecule has 0 bridgehead atoms. The number of carboxylic acids is 1. The maximum absolute atomic E-state index is 11.7. The van der Waals surface area contributed by atoms with Gasteiger partial charge in [-0.25, -0.2) is 4.79 Å². The van der Waals surface area contributed by atoms with Crippen molar-refractivity contribution in [3.05, 3.63) is 0 Å². The predicted molar refractivity (Wildman–Crippen MR) is 67.5 cm³/mol. The number of nitrogens with one attached hydrogen (secondary N) is 1. The van der Waals surface area contributed by atoms with Crippen molar-refractivity contribution < 1.29 is 19.5 Å². The van der Waals surface area contributed by atoms with Crippen LogP contribution in [0.3, 0.4) is 0 Å². The van der Waals surface area contributed by atoms with Gasteiger partial charge in [0, 0.05) is 13.1 Å². The van der Waals surface area contributed by atoms with Crippen LogP contribution in [0.1, 0.15) is 12.8 Å². The molecule has 108 valence electrons. The van der Waals surface area contributed by atoms with Gasteiger partial charge in [0.05, 0.1) is 0 Å². The van der Waals surface area contributed by atoms with Gasteiger partial charge in [-0.2, -0.15) is 0 Å². The molecule has 0 aliphatic carbocycles. The summed E-state index contributed by atoms with van der Waals surface area (Å²) in [7, 11) is 0. The molecule has 8 heteroatoms. The van der Waals surface area contributed by atoms with Gasteiger partial charge in [0.2, 0.25) is 5.91 Å². The van der Waals surface area contributed by atoms with Crippen LogP contribution in [0.2, 0.25) is 0 Å². The SMILES string of the molecule is NC(=O)CN(CC(=O)O)C(=O)NCCN1CCCC1. The Hall–Kier alpha value is -1.83. The molecule has 1 saturated heterocycles. The molecule has 1 rings (SSSR count). The maximum atomic E-state index is 11.7. The van der Waals surface area contributed by atoms with E-state index in [4.69, 9.17) is 10.8 Å². The Morgan fingerprint density at radius 2 is 1.84 bits per heavy atom. The third kappa shape index (κ3) is 6.05. The van der Waals surface area contributed by atoms with E-state index in [1.54, 1.807) is 0 Å². The first kappa shape index (κ1) is 15.2. The summed E-state index contributed by atoms with van der Waals surface area (Å²) in [6.07, 6.45) is 2.33. The molecule has 0 saturated carbocycles. The van der Waals surface area contributed by atoms with Crippen molar-refractivity contribution in [1.82, 2.24) is 15.1 Å². The zero-order valence-electron chi connectivity index (χ0n) is 10.8. The first-order chi connectivity index (χ1) is 8.99. The van der Waals surface area contributed by atoms with Crippen molar-refractivity contribution in [2.24, 2.45) is 5.73 Å². The van der Waals surface area contributed by atoms with Crippen molar-refractivity contribution in [2.75, 3.05) is 39.3 Å². The van der Waals surface area contributed by atoms with Crippen molar-refractivity contribution in [2.45, 2.75) is 12.8 Å². The molecule has 8 nitrogen and oxygen atoms in total. The van der Waals surface area contributed by atoms with Crippen LogP contribution in [-0.2, 0) is 9.59 Å². The summed E-state index contributed by atoms with van der Waals surface area (Å²) in [5.41, 5.74) is 4.97. The summed E-state index contributed by atoms with van der Waals surface area (Å²) in [6, 6.07) is -0.583. The molecule has 0 aromatic carbocycles. The monoisotopic (exact) mass is 272 g/mol. The van der Waals surface area contributed by atoms with Gasteiger partial charge in [0.25, 0.3) is 0 Å². The summed E-state index contributed by atoms with van der Waals surface area (Å²) in [5.74, 6) is -1.92. The van der Waals surface area contributed by atoms with Crippen LogP contribution in [0.5, 0.6) is 0 Å². The Morgan fingerprint density at radius 3 is 2.37 bits per heavy atom. The lowest BCUT2D eigenvalue weighted by atomic mass is 10.4. The van der Waals surface area contributed by atoms with E-state index in [1.165, 1.54) is 12.8 Å². The second kappa shape index (κ2) is 7.57. The number of likely N-dealkylation sites (tertiary alicyclic amines) is 1. The van der Waals surface area contributed by atoms with Crippen molar-refractivity contribution in [3.8, 4) is 0 Å². The third-order valence-electron chi connectivity index (χ3n) is 2.86. The molecule has 0 spiro atoms. The standard InChI is InChI=1S/C11H20N4O4/c12-9(16)7-15(8-10(17)18)11(19)13-3-6-14-4-1-2-5-14/h1-8H2,(H2,12,16)(H,13,19)(H,17,18). The second-order valence-corrected chi connectivity index (χ2v) is 4.50. The van der Waals surface area contributed by atoms with Gasteiger partial charge in [-0.3, -0.25) is 9.59 Å². The Balaban J connectivity index is 2.33. The van der Waals surface area contributed by atoms with Crippen LogP contribution in [0.4, 0.5) is 4.79 Å². The number of aliphatic carboxylic acids is 1. The molecule has 3 amide bonds. The highest BCUT2D eigenvalue weighted by molar-refractivity contribution is 5.85. The molecule has 1 aliphatic rings. The van der Waals surface area contributed by atoms with Gasteiger partial charge in [0.15, 0.2) is 0 Å². The van der Waals surface area contributed by atoms with Crippen molar-refractivity contribution in [3.63, 3.8) is 0 Å².